The highest BCUT2D eigenvalue weighted by molar-refractivity contribution is 6.40. The lowest BCUT2D eigenvalue weighted by Crippen LogP contribution is -2.46. The van der Waals surface area contributed by atoms with Crippen LogP contribution in [0, 0.1) is 0 Å². The molecule has 1 amide bonds. The molecule has 2 bridgehead atoms. The van der Waals surface area contributed by atoms with Gasteiger partial charge < -0.3 is 25.5 Å². The minimum Gasteiger partial charge on any atom is -0.392 e. The number of hydrogen-bond acceptors (Lipinski definition) is 8. The number of nitrogens with one attached hydrogen (secondary N) is 2. The molecule has 0 radical (unpaired) electrons. The predicted octanol–water partition coefficient (Wildman–Crippen LogP) is 3.62. The van der Waals surface area contributed by atoms with E-state index in [1.54, 1.807) is 18.2 Å². The van der Waals surface area contributed by atoms with Crippen molar-refractivity contribution in [2.75, 3.05) is 46.8 Å². The van der Waals surface area contributed by atoms with Crippen LogP contribution >= 0.6 is 23.2 Å². The molecule has 0 spiro atoms. The average Bonchev–Trinajstić information content (AvgIpc) is 3.51. The first kappa shape index (κ1) is 23.3. The summed E-state index contributed by atoms with van der Waals surface area (Å²) in [4.78, 5) is 28.0. The fraction of sp³-hybridized carbons (Fsp3) is 0.320. The summed E-state index contributed by atoms with van der Waals surface area (Å²) in [5.74, 6) is 0.598. The zero-order chi connectivity index (χ0) is 25.0. The maximum Gasteiger partial charge on any atom is 0.265 e. The molecule has 2 fully saturated rings. The SMILES string of the molecule is CN1CN(c2c(Cl)cccc2Cl)C(=O)c2cnc(Nc3ccc(N4CC5CC4CN5)c(CO)c3)nc21. The van der Waals surface area contributed by atoms with Gasteiger partial charge in [0, 0.05) is 55.4 Å². The van der Waals surface area contributed by atoms with Crippen LogP contribution in [-0.2, 0) is 6.61 Å². The van der Waals surface area contributed by atoms with Crippen LogP contribution in [0.15, 0.2) is 42.6 Å². The number of nitrogens with zero attached hydrogens (tertiary/aromatic N) is 5. The largest absolute Gasteiger partial charge is 0.392 e. The van der Waals surface area contributed by atoms with Gasteiger partial charge in [-0.15, -0.1) is 0 Å². The Hall–Kier alpha value is -3.11. The molecule has 2 aromatic carbocycles. The second-order valence-electron chi connectivity index (χ2n) is 9.35. The lowest BCUT2D eigenvalue weighted by Gasteiger charge is -2.35. The van der Waals surface area contributed by atoms with Crippen LogP contribution in [0.5, 0.6) is 0 Å². The van der Waals surface area contributed by atoms with Crippen molar-refractivity contribution in [3.8, 4) is 0 Å². The first-order valence-corrected chi connectivity index (χ1v) is 12.5. The van der Waals surface area contributed by atoms with Crippen molar-refractivity contribution >= 4 is 57.9 Å². The summed E-state index contributed by atoms with van der Waals surface area (Å²) < 4.78 is 0. The summed E-state index contributed by atoms with van der Waals surface area (Å²) in [5, 5.41) is 17.6. The molecule has 1 aromatic heterocycles. The monoisotopic (exact) mass is 525 g/mol. The Morgan fingerprint density at radius 2 is 2.03 bits per heavy atom. The summed E-state index contributed by atoms with van der Waals surface area (Å²) in [6.07, 6.45) is 2.65. The number of hydrogen-bond donors (Lipinski definition) is 3. The first-order chi connectivity index (χ1) is 17.4. The van der Waals surface area contributed by atoms with E-state index in [2.05, 4.69) is 25.5 Å². The zero-order valence-corrected chi connectivity index (χ0v) is 21.1. The van der Waals surface area contributed by atoms with E-state index in [0.717, 1.165) is 36.4 Å². The van der Waals surface area contributed by atoms with Gasteiger partial charge in [0.2, 0.25) is 5.95 Å². The van der Waals surface area contributed by atoms with Gasteiger partial charge in [0.1, 0.15) is 11.4 Å². The van der Waals surface area contributed by atoms with Gasteiger partial charge in [-0.05, 0) is 36.8 Å². The van der Waals surface area contributed by atoms with Gasteiger partial charge in [0.05, 0.1) is 29.0 Å². The minimum atomic E-state index is -0.272. The summed E-state index contributed by atoms with van der Waals surface area (Å²) in [6.45, 7) is 2.11. The Labute approximate surface area is 218 Å². The van der Waals surface area contributed by atoms with Gasteiger partial charge in [-0.25, -0.2) is 4.98 Å². The number of para-hydroxylation sites is 1. The molecule has 11 heteroatoms. The lowest BCUT2D eigenvalue weighted by molar-refractivity contribution is 0.0982. The van der Waals surface area contributed by atoms with Gasteiger partial charge in [-0.1, -0.05) is 29.3 Å². The number of aliphatic hydroxyl groups excluding tert-OH is 1. The van der Waals surface area contributed by atoms with Gasteiger partial charge in [0.25, 0.3) is 5.91 Å². The Kier molecular flexibility index (Phi) is 5.88. The van der Waals surface area contributed by atoms with Crippen molar-refractivity contribution in [2.45, 2.75) is 25.1 Å². The highest BCUT2D eigenvalue weighted by atomic mass is 35.5. The fourth-order valence-electron chi connectivity index (χ4n) is 5.34. The minimum absolute atomic E-state index is 0.0606. The molecular weight excluding hydrogens is 501 g/mol. The molecule has 186 valence electrons. The topological polar surface area (TPSA) is 96.9 Å². The smallest absolute Gasteiger partial charge is 0.265 e. The molecule has 36 heavy (non-hydrogen) atoms. The predicted molar refractivity (Wildman–Crippen MR) is 142 cm³/mol. The third kappa shape index (κ3) is 3.92. The molecule has 2 saturated heterocycles. The molecule has 0 aliphatic carbocycles. The Bertz CT molecular complexity index is 1330. The number of piperazine rings is 1. The number of fused-ring (bicyclic) bond motifs is 3. The van der Waals surface area contributed by atoms with Crippen LogP contribution in [-0.4, -0.2) is 59.9 Å². The molecule has 6 rings (SSSR count). The molecule has 4 heterocycles. The van der Waals surface area contributed by atoms with Crippen LogP contribution in [0.4, 0.5) is 28.8 Å². The van der Waals surface area contributed by atoms with E-state index in [1.807, 2.05) is 30.1 Å². The standard InChI is InChI=1S/C25H25Cl2N7O2/c1-32-13-34(22-19(26)3-2-4-20(22)27)24(36)18-10-29-25(31-23(18)32)30-15-5-6-21(14(7-15)12-35)33-11-16-8-17(33)9-28-16/h2-7,10,16-17,28,35H,8-9,11-13H2,1H3,(H,29,30,31). The third-order valence-electron chi connectivity index (χ3n) is 7.04. The maximum atomic E-state index is 13.3. The summed E-state index contributed by atoms with van der Waals surface area (Å²) in [5.41, 5.74) is 3.50. The number of carbonyl (C=O) groups excluding carboxylic acids is 1. The van der Waals surface area contributed by atoms with Crippen LogP contribution in [0.2, 0.25) is 10.0 Å². The van der Waals surface area contributed by atoms with Crippen LogP contribution in [0.1, 0.15) is 22.3 Å². The molecule has 2 unspecified atom stereocenters. The average molecular weight is 526 g/mol. The highest BCUT2D eigenvalue weighted by Gasteiger charge is 2.38. The number of aromatic nitrogens is 2. The lowest BCUT2D eigenvalue weighted by atomic mass is 10.1. The van der Waals surface area contributed by atoms with Gasteiger partial charge in [-0.2, -0.15) is 4.98 Å². The first-order valence-electron chi connectivity index (χ1n) is 11.8. The van der Waals surface area contributed by atoms with Crippen molar-refractivity contribution in [1.29, 1.82) is 0 Å². The Morgan fingerprint density at radius 1 is 1.22 bits per heavy atom. The molecule has 2 atom stereocenters. The number of carbonyl (C=O) groups is 1. The number of halogens is 2. The Balaban J connectivity index is 1.25. The molecule has 3 aliphatic heterocycles. The van der Waals surface area contributed by atoms with Crippen molar-refractivity contribution < 1.29 is 9.90 Å². The van der Waals surface area contributed by atoms with Gasteiger partial charge >= 0.3 is 0 Å². The molecule has 3 aliphatic rings. The fourth-order valence-corrected chi connectivity index (χ4v) is 5.94. The number of amides is 1. The normalized spacial score (nSPS) is 20.8. The van der Waals surface area contributed by atoms with E-state index in [0.29, 0.717) is 45.1 Å². The van der Waals surface area contributed by atoms with Gasteiger partial charge in [0.15, 0.2) is 0 Å². The quantitative estimate of drug-likeness (QED) is 0.464. The molecule has 3 aromatic rings. The Morgan fingerprint density at radius 3 is 2.72 bits per heavy atom. The van der Waals surface area contributed by atoms with E-state index in [1.165, 1.54) is 11.1 Å². The second kappa shape index (κ2) is 9.08. The number of anilines is 5. The van der Waals surface area contributed by atoms with Crippen LogP contribution in [0.3, 0.4) is 0 Å². The second-order valence-corrected chi connectivity index (χ2v) is 10.2. The van der Waals surface area contributed by atoms with Crippen molar-refractivity contribution in [3.63, 3.8) is 0 Å². The number of aliphatic hydroxyl groups is 1. The highest BCUT2D eigenvalue weighted by Crippen LogP contribution is 2.38. The molecular formula is C25H25Cl2N7O2. The molecule has 3 N–H and O–H groups in total. The van der Waals surface area contributed by atoms with Crippen molar-refractivity contribution in [3.05, 3.63) is 63.8 Å². The van der Waals surface area contributed by atoms with E-state index in [9.17, 15) is 9.90 Å². The summed E-state index contributed by atoms with van der Waals surface area (Å²) >= 11 is 12.7. The van der Waals surface area contributed by atoms with Gasteiger partial charge in [-0.3, -0.25) is 9.69 Å². The van der Waals surface area contributed by atoms with Crippen LogP contribution in [0.25, 0.3) is 0 Å². The molecule has 0 saturated carbocycles. The van der Waals surface area contributed by atoms with E-state index in [-0.39, 0.29) is 19.2 Å². The van der Waals surface area contributed by atoms with E-state index in [4.69, 9.17) is 23.2 Å². The third-order valence-corrected chi connectivity index (χ3v) is 7.65. The number of rotatable bonds is 5. The number of benzene rings is 2. The molecule has 9 nitrogen and oxygen atoms in total. The maximum absolute atomic E-state index is 13.3. The van der Waals surface area contributed by atoms with Crippen molar-refractivity contribution in [2.24, 2.45) is 0 Å². The van der Waals surface area contributed by atoms with Crippen molar-refractivity contribution in [1.82, 2.24) is 15.3 Å². The van der Waals surface area contributed by atoms with E-state index < -0.39 is 0 Å². The van der Waals surface area contributed by atoms with E-state index >= 15 is 0 Å². The summed E-state index contributed by atoms with van der Waals surface area (Å²) in [6, 6.07) is 12.1. The zero-order valence-electron chi connectivity index (χ0n) is 19.6. The summed E-state index contributed by atoms with van der Waals surface area (Å²) in [7, 11) is 1.84. The van der Waals surface area contributed by atoms with Crippen LogP contribution < -0.4 is 25.3 Å².